The molecule has 0 bridgehead atoms. The molecule has 20 heavy (non-hydrogen) atoms. The molecule has 1 aromatic carbocycles. The third-order valence-corrected chi connectivity index (χ3v) is 2.73. The van der Waals surface area contributed by atoms with Gasteiger partial charge >= 0.3 is 0 Å². The lowest BCUT2D eigenvalue weighted by atomic mass is 10.1. The highest BCUT2D eigenvalue weighted by Gasteiger charge is 2.12. The second-order valence-corrected chi connectivity index (χ2v) is 4.11. The summed E-state index contributed by atoms with van der Waals surface area (Å²) in [6.07, 6.45) is 0.879. The number of H-pyrrole nitrogens is 1. The zero-order valence-electron chi connectivity index (χ0n) is 12.1. The first kappa shape index (κ1) is 14.2. The van der Waals surface area contributed by atoms with Crippen LogP contribution >= 0.6 is 0 Å². The van der Waals surface area contributed by atoms with Crippen molar-refractivity contribution < 1.29 is 9.47 Å². The van der Waals surface area contributed by atoms with Gasteiger partial charge in [-0.1, -0.05) is 19.9 Å². The predicted molar refractivity (Wildman–Crippen MR) is 77.2 cm³/mol. The van der Waals surface area contributed by atoms with E-state index in [0.717, 1.165) is 30.3 Å². The number of aryl methyl sites for hydroxylation is 1. The minimum atomic E-state index is 0.313. The summed E-state index contributed by atoms with van der Waals surface area (Å²) in [5.74, 6) is 3.08. The van der Waals surface area contributed by atoms with Crippen molar-refractivity contribution in [3.05, 3.63) is 29.6 Å². The van der Waals surface area contributed by atoms with E-state index in [0.29, 0.717) is 12.7 Å². The Morgan fingerprint density at radius 3 is 2.80 bits per heavy atom. The van der Waals surface area contributed by atoms with E-state index in [2.05, 4.69) is 20.5 Å². The summed E-state index contributed by atoms with van der Waals surface area (Å²) in [6, 6.07) is 5.99. The maximum Gasteiger partial charge on any atom is 0.242 e. The molecule has 0 saturated heterocycles. The van der Waals surface area contributed by atoms with E-state index in [-0.39, 0.29) is 0 Å². The van der Waals surface area contributed by atoms with Crippen molar-refractivity contribution in [1.82, 2.24) is 15.2 Å². The Balaban J connectivity index is 0.000000704. The van der Waals surface area contributed by atoms with Gasteiger partial charge in [-0.15, -0.1) is 5.10 Å². The Hall–Kier alpha value is -2.24. The van der Waals surface area contributed by atoms with E-state index < -0.39 is 0 Å². The number of hydrogen-bond donors (Lipinski definition) is 2. The molecule has 6 heteroatoms. The molecule has 0 atom stereocenters. The molecule has 0 fully saturated rings. The van der Waals surface area contributed by atoms with E-state index in [1.54, 1.807) is 0 Å². The molecule has 0 aliphatic carbocycles. The standard InChI is InChI=1S/C12H14N4O2.C2H6/c1-8-14-12(16-15-8)13-5-4-9-2-3-10-11(6-9)18-7-17-10;1-2/h2-3,6H,4-5,7H2,1H3,(H2,13,14,15,16);1-2H3. The van der Waals surface area contributed by atoms with Crippen LogP contribution < -0.4 is 14.8 Å². The van der Waals surface area contributed by atoms with Crippen LogP contribution in [0.2, 0.25) is 0 Å². The number of aromatic amines is 1. The number of benzene rings is 1. The van der Waals surface area contributed by atoms with Crippen molar-refractivity contribution in [1.29, 1.82) is 0 Å². The van der Waals surface area contributed by atoms with Crippen molar-refractivity contribution in [2.24, 2.45) is 0 Å². The fourth-order valence-corrected chi connectivity index (χ4v) is 1.84. The lowest BCUT2D eigenvalue weighted by molar-refractivity contribution is 0.174. The van der Waals surface area contributed by atoms with Crippen molar-refractivity contribution in [2.45, 2.75) is 27.2 Å². The molecule has 0 saturated carbocycles. The molecule has 1 aliphatic heterocycles. The topological polar surface area (TPSA) is 72.1 Å². The molecule has 1 aromatic heterocycles. The molecule has 6 nitrogen and oxygen atoms in total. The number of anilines is 1. The third kappa shape index (κ3) is 3.40. The van der Waals surface area contributed by atoms with Crippen LogP contribution in [0.15, 0.2) is 18.2 Å². The first-order valence-corrected chi connectivity index (χ1v) is 6.83. The number of nitrogens with one attached hydrogen (secondary N) is 2. The Morgan fingerprint density at radius 2 is 2.05 bits per heavy atom. The normalized spacial score (nSPS) is 11.8. The van der Waals surface area contributed by atoms with E-state index in [1.165, 1.54) is 5.56 Å². The highest BCUT2D eigenvalue weighted by Crippen LogP contribution is 2.32. The van der Waals surface area contributed by atoms with Crippen molar-refractivity contribution in [3.8, 4) is 11.5 Å². The molecule has 0 radical (unpaired) electrons. The van der Waals surface area contributed by atoms with E-state index in [9.17, 15) is 0 Å². The average Bonchev–Trinajstić information content (AvgIpc) is 3.09. The van der Waals surface area contributed by atoms with Gasteiger partial charge in [0, 0.05) is 6.54 Å². The summed E-state index contributed by atoms with van der Waals surface area (Å²) in [4.78, 5) is 4.18. The van der Waals surface area contributed by atoms with Gasteiger partial charge < -0.3 is 14.8 Å². The number of rotatable bonds is 4. The second-order valence-electron chi connectivity index (χ2n) is 4.11. The monoisotopic (exact) mass is 276 g/mol. The van der Waals surface area contributed by atoms with Crippen LogP contribution in [0, 0.1) is 6.92 Å². The maximum atomic E-state index is 5.33. The fraction of sp³-hybridized carbons (Fsp3) is 0.429. The van der Waals surface area contributed by atoms with Crippen LogP contribution in [0.5, 0.6) is 11.5 Å². The molecule has 1 aliphatic rings. The molecule has 0 unspecified atom stereocenters. The average molecular weight is 276 g/mol. The summed E-state index contributed by atoms with van der Waals surface area (Å²) in [5.41, 5.74) is 1.19. The molecule has 3 rings (SSSR count). The molecule has 2 heterocycles. The Labute approximate surface area is 118 Å². The van der Waals surface area contributed by atoms with E-state index in [4.69, 9.17) is 9.47 Å². The highest BCUT2D eigenvalue weighted by molar-refractivity contribution is 5.44. The van der Waals surface area contributed by atoms with Crippen molar-refractivity contribution >= 4 is 5.95 Å². The van der Waals surface area contributed by atoms with Gasteiger partial charge in [0.1, 0.15) is 5.82 Å². The number of ether oxygens (including phenoxy) is 2. The zero-order valence-corrected chi connectivity index (χ0v) is 12.1. The van der Waals surface area contributed by atoms with Gasteiger partial charge in [0.25, 0.3) is 0 Å². The van der Waals surface area contributed by atoms with Crippen LogP contribution in [-0.2, 0) is 6.42 Å². The molecular weight excluding hydrogens is 256 g/mol. The van der Waals surface area contributed by atoms with Crippen molar-refractivity contribution in [2.75, 3.05) is 18.7 Å². The first-order chi connectivity index (χ1) is 9.81. The number of aromatic nitrogens is 3. The molecule has 2 N–H and O–H groups in total. The van der Waals surface area contributed by atoms with Gasteiger partial charge in [-0.05, 0) is 31.0 Å². The molecule has 108 valence electrons. The van der Waals surface area contributed by atoms with Gasteiger partial charge in [-0.2, -0.15) is 4.98 Å². The lowest BCUT2D eigenvalue weighted by Gasteiger charge is -2.03. The number of nitrogens with zero attached hydrogens (tertiary/aromatic N) is 2. The summed E-state index contributed by atoms with van der Waals surface area (Å²) in [6.45, 7) is 6.96. The van der Waals surface area contributed by atoms with Crippen LogP contribution in [0.3, 0.4) is 0 Å². The smallest absolute Gasteiger partial charge is 0.242 e. The Kier molecular flexibility index (Phi) is 4.81. The van der Waals surface area contributed by atoms with Gasteiger partial charge in [0.05, 0.1) is 0 Å². The summed E-state index contributed by atoms with van der Waals surface area (Å²) >= 11 is 0. The maximum absolute atomic E-state index is 5.33. The van der Waals surface area contributed by atoms with Gasteiger partial charge in [-0.3, -0.25) is 5.10 Å². The minimum Gasteiger partial charge on any atom is -0.454 e. The molecule has 0 spiro atoms. The Bertz CT molecular complexity index is 554. The quantitative estimate of drug-likeness (QED) is 0.897. The molecule has 0 amide bonds. The summed E-state index contributed by atoms with van der Waals surface area (Å²) < 4.78 is 10.6. The summed E-state index contributed by atoms with van der Waals surface area (Å²) in [7, 11) is 0. The largest absolute Gasteiger partial charge is 0.454 e. The third-order valence-electron chi connectivity index (χ3n) is 2.73. The SMILES string of the molecule is CC.Cc1nc(NCCc2ccc3c(c2)OCO3)n[nH]1. The van der Waals surface area contributed by atoms with E-state index >= 15 is 0 Å². The van der Waals surface area contributed by atoms with Crippen molar-refractivity contribution in [3.63, 3.8) is 0 Å². The van der Waals surface area contributed by atoms with Crippen LogP contribution in [0.4, 0.5) is 5.95 Å². The first-order valence-electron chi connectivity index (χ1n) is 6.83. The van der Waals surface area contributed by atoms with Crippen LogP contribution in [0.1, 0.15) is 25.2 Å². The Morgan fingerprint density at radius 1 is 1.25 bits per heavy atom. The molecular formula is C14H20N4O2. The molecule has 2 aromatic rings. The van der Waals surface area contributed by atoms with Crippen LogP contribution in [-0.4, -0.2) is 28.5 Å². The predicted octanol–water partition coefficient (Wildman–Crippen LogP) is 2.52. The van der Waals surface area contributed by atoms with Gasteiger partial charge in [-0.25, -0.2) is 0 Å². The number of hydrogen-bond acceptors (Lipinski definition) is 5. The minimum absolute atomic E-state index is 0.313. The fourth-order valence-electron chi connectivity index (χ4n) is 1.84. The lowest BCUT2D eigenvalue weighted by Crippen LogP contribution is -2.06. The zero-order chi connectivity index (χ0) is 14.4. The highest BCUT2D eigenvalue weighted by atomic mass is 16.7. The number of fused-ring (bicyclic) bond motifs is 1. The summed E-state index contributed by atoms with van der Waals surface area (Å²) in [5, 5.41) is 9.96. The second kappa shape index (κ2) is 6.79. The van der Waals surface area contributed by atoms with Crippen LogP contribution in [0.25, 0.3) is 0 Å². The van der Waals surface area contributed by atoms with E-state index in [1.807, 2.05) is 39.0 Å². The van der Waals surface area contributed by atoms with Gasteiger partial charge in [0.15, 0.2) is 11.5 Å². The van der Waals surface area contributed by atoms with Gasteiger partial charge in [0.2, 0.25) is 12.7 Å².